The number of aryl methyl sites for hydroxylation is 1. The summed E-state index contributed by atoms with van der Waals surface area (Å²) in [5.41, 5.74) is 5.18. The molecule has 0 aliphatic heterocycles. The average Bonchev–Trinajstić information content (AvgIpc) is 3.80. The van der Waals surface area contributed by atoms with Gasteiger partial charge in [0.15, 0.2) is 5.69 Å². The molecule has 7 rings (SSSR count). The molecule has 1 aromatic heterocycles. The Morgan fingerprint density at radius 1 is 0.932 bits per heavy atom. The van der Waals surface area contributed by atoms with E-state index in [0.29, 0.717) is 34.4 Å². The highest BCUT2D eigenvalue weighted by Crippen LogP contribution is 2.41. The van der Waals surface area contributed by atoms with Gasteiger partial charge < -0.3 is 10.6 Å². The minimum Gasteiger partial charge on any atom is -0.321 e. The molecule has 6 nitrogen and oxygen atoms in total. The first-order chi connectivity index (χ1) is 21.5. The minimum atomic E-state index is -0.277. The lowest BCUT2D eigenvalue weighted by atomic mass is 9.88. The fourth-order valence-electron chi connectivity index (χ4n) is 5.96. The van der Waals surface area contributed by atoms with Crippen LogP contribution in [0.2, 0.25) is 5.02 Å². The Kier molecular flexibility index (Phi) is 7.35. The summed E-state index contributed by atoms with van der Waals surface area (Å²) in [5, 5.41) is 16.6. The van der Waals surface area contributed by atoms with Gasteiger partial charge in [-0.2, -0.15) is 5.10 Å². The molecule has 0 radical (unpaired) electrons. The highest BCUT2D eigenvalue weighted by molar-refractivity contribution is 6.41. The lowest BCUT2D eigenvalue weighted by Gasteiger charge is -2.25. The molecule has 2 N–H and O–H groups in total. The van der Waals surface area contributed by atoms with Crippen LogP contribution < -0.4 is 10.6 Å². The van der Waals surface area contributed by atoms with Crippen molar-refractivity contribution in [2.24, 2.45) is 5.92 Å². The lowest BCUT2D eigenvalue weighted by molar-refractivity contribution is 0.101. The Labute approximate surface area is 261 Å². The van der Waals surface area contributed by atoms with Gasteiger partial charge in [-0.05, 0) is 84.5 Å². The molecule has 1 unspecified atom stereocenters. The number of amides is 1. The number of benzene rings is 5. The fraction of sp³-hybridized carbons (Fsp3) is 0.162. The zero-order chi connectivity index (χ0) is 30.2. The predicted molar refractivity (Wildman–Crippen MR) is 178 cm³/mol. The summed E-state index contributed by atoms with van der Waals surface area (Å²) in [6.07, 6.45) is 2.48. The van der Waals surface area contributed by atoms with Crippen molar-refractivity contribution in [2.45, 2.75) is 25.8 Å². The maximum absolute atomic E-state index is 13.7. The standard InChI is InChI=1S/C37H30ClN5O/c1-23-19-33(43(42-23)28-12-8-10-26(21-28)39-2)37(44)41-27-11-7-9-25(20-27)36(40-22-24-17-18-24)34-29-13-3-5-15-31(29)35(38)32-16-6-4-14-30(32)34/h3-16,19-21,24,36,40H,17-18,22H2,1H3,(H,41,44). The highest BCUT2D eigenvalue weighted by atomic mass is 35.5. The number of rotatable bonds is 8. The van der Waals surface area contributed by atoms with E-state index in [1.54, 1.807) is 28.9 Å². The Balaban J connectivity index is 1.29. The third kappa shape index (κ3) is 5.33. The smallest absolute Gasteiger partial charge is 0.274 e. The van der Waals surface area contributed by atoms with Crippen LogP contribution in [-0.2, 0) is 0 Å². The number of nitrogens with zero attached hydrogens (tertiary/aromatic N) is 3. The second-order valence-electron chi connectivity index (χ2n) is 11.4. The topological polar surface area (TPSA) is 63.3 Å². The second-order valence-corrected chi connectivity index (χ2v) is 11.8. The van der Waals surface area contributed by atoms with Gasteiger partial charge in [-0.25, -0.2) is 9.53 Å². The molecule has 6 aromatic rings. The molecule has 44 heavy (non-hydrogen) atoms. The van der Waals surface area contributed by atoms with E-state index in [-0.39, 0.29) is 11.9 Å². The molecule has 1 aliphatic rings. The van der Waals surface area contributed by atoms with Gasteiger partial charge in [0.25, 0.3) is 5.91 Å². The Morgan fingerprint density at radius 2 is 1.61 bits per heavy atom. The number of carbonyl (C=O) groups is 1. The molecule has 5 aromatic carbocycles. The van der Waals surface area contributed by atoms with Gasteiger partial charge in [0.05, 0.1) is 29.0 Å². The summed E-state index contributed by atoms with van der Waals surface area (Å²) in [6, 6.07) is 33.4. The van der Waals surface area contributed by atoms with Crippen LogP contribution in [0.5, 0.6) is 0 Å². The number of halogens is 1. The van der Waals surface area contributed by atoms with Crippen molar-refractivity contribution in [3.05, 3.63) is 142 Å². The Bertz CT molecular complexity index is 2030. The number of aromatic nitrogens is 2. The molecule has 216 valence electrons. The van der Waals surface area contributed by atoms with Crippen LogP contribution in [0.4, 0.5) is 11.4 Å². The summed E-state index contributed by atoms with van der Waals surface area (Å²) >= 11 is 6.96. The maximum atomic E-state index is 13.7. The molecule has 1 saturated carbocycles. The summed E-state index contributed by atoms with van der Waals surface area (Å²) in [5.74, 6) is 0.399. The second kappa shape index (κ2) is 11.6. The van der Waals surface area contributed by atoms with Gasteiger partial charge in [-0.15, -0.1) is 0 Å². The van der Waals surface area contributed by atoms with Crippen LogP contribution in [0, 0.1) is 19.4 Å². The fourth-order valence-corrected chi connectivity index (χ4v) is 6.29. The monoisotopic (exact) mass is 595 g/mol. The van der Waals surface area contributed by atoms with E-state index in [0.717, 1.165) is 38.7 Å². The summed E-state index contributed by atoms with van der Waals surface area (Å²) < 4.78 is 1.59. The first-order valence-electron chi connectivity index (χ1n) is 14.8. The van der Waals surface area contributed by atoms with Gasteiger partial charge in [0.2, 0.25) is 0 Å². The molecule has 1 aliphatic carbocycles. The van der Waals surface area contributed by atoms with Gasteiger partial charge in [-0.3, -0.25) is 4.79 Å². The quantitative estimate of drug-likeness (QED) is 0.136. The number of fused-ring (bicyclic) bond motifs is 2. The van der Waals surface area contributed by atoms with Crippen LogP contribution in [0.15, 0.2) is 103 Å². The van der Waals surface area contributed by atoms with Crippen LogP contribution in [-0.4, -0.2) is 22.2 Å². The van der Waals surface area contributed by atoms with Crippen molar-refractivity contribution in [2.75, 3.05) is 11.9 Å². The SMILES string of the molecule is [C-]#[N+]c1cccc(-n2nc(C)cc2C(=O)Nc2cccc(C(NCC3CC3)c3c4ccccc4c(Cl)c4ccccc34)c2)c1. The molecule has 0 spiro atoms. The van der Waals surface area contributed by atoms with E-state index in [9.17, 15) is 4.79 Å². The average molecular weight is 596 g/mol. The zero-order valence-corrected chi connectivity index (χ0v) is 25.0. The van der Waals surface area contributed by atoms with Crippen LogP contribution in [0.1, 0.15) is 46.2 Å². The predicted octanol–water partition coefficient (Wildman–Crippen LogP) is 9.03. The third-order valence-corrected chi connectivity index (χ3v) is 8.66. The number of hydrogen-bond donors (Lipinski definition) is 2. The molecule has 7 heteroatoms. The third-order valence-electron chi connectivity index (χ3n) is 8.25. The number of anilines is 1. The summed E-state index contributed by atoms with van der Waals surface area (Å²) in [7, 11) is 0. The minimum absolute atomic E-state index is 0.122. The normalized spacial score (nSPS) is 13.6. The number of nitrogens with one attached hydrogen (secondary N) is 2. The van der Waals surface area contributed by atoms with E-state index in [4.69, 9.17) is 18.2 Å². The van der Waals surface area contributed by atoms with Crippen molar-refractivity contribution in [1.29, 1.82) is 0 Å². The molecule has 1 amide bonds. The van der Waals surface area contributed by atoms with Crippen molar-refractivity contribution in [3.63, 3.8) is 0 Å². The first kappa shape index (κ1) is 27.8. The van der Waals surface area contributed by atoms with Crippen molar-refractivity contribution in [3.8, 4) is 5.69 Å². The van der Waals surface area contributed by atoms with Crippen LogP contribution >= 0.6 is 11.6 Å². The van der Waals surface area contributed by atoms with Gasteiger partial charge >= 0.3 is 0 Å². The van der Waals surface area contributed by atoms with Crippen molar-refractivity contribution < 1.29 is 4.79 Å². The molecule has 1 fully saturated rings. The Morgan fingerprint density at radius 3 is 2.30 bits per heavy atom. The van der Waals surface area contributed by atoms with Gasteiger partial charge in [-0.1, -0.05) is 84.4 Å². The van der Waals surface area contributed by atoms with E-state index >= 15 is 0 Å². The molecule has 1 heterocycles. The number of carbonyl (C=O) groups excluding carboxylic acids is 1. The molecular weight excluding hydrogens is 566 g/mol. The van der Waals surface area contributed by atoms with Gasteiger partial charge in [0.1, 0.15) is 5.69 Å². The van der Waals surface area contributed by atoms with E-state index in [1.165, 1.54) is 18.4 Å². The number of hydrogen-bond acceptors (Lipinski definition) is 3. The van der Waals surface area contributed by atoms with E-state index < -0.39 is 0 Å². The van der Waals surface area contributed by atoms with E-state index in [2.05, 4.69) is 63.0 Å². The lowest BCUT2D eigenvalue weighted by Crippen LogP contribution is -2.25. The Hall–Kier alpha value is -4.96. The van der Waals surface area contributed by atoms with Crippen LogP contribution in [0.3, 0.4) is 0 Å². The molecular formula is C37H30ClN5O. The van der Waals surface area contributed by atoms with E-state index in [1.807, 2.05) is 43.3 Å². The van der Waals surface area contributed by atoms with Crippen molar-refractivity contribution >= 4 is 50.4 Å². The zero-order valence-electron chi connectivity index (χ0n) is 24.2. The summed E-state index contributed by atoms with van der Waals surface area (Å²) in [4.78, 5) is 17.2. The van der Waals surface area contributed by atoms with Gasteiger partial charge in [0, 0.05) is 16.5 Å². The molecule has 0 bridgehead atoms. The largest absolute Gasteiger partial charge is 0.321 e. The van der Waals surface area contributed by atoms with Crippen LogP contribution in [0.25, 0.3) is 32.1 Å². The maximum Gasteiger partial charge on any atom is 0.274 e. The highest BCUT2D eigenvalue weighted by Gasteiger charge is 2.26. The molecule has 1 atom stereocenters. The first-order valence-corrected chi connectivity index (χ1v) is 15.2. The molecule has 0 saturated heterocycles. The van der Waals surface area contributed by atoms with Crippen molar-refractivity contribution in [1.82, 2.24) is 15.1 Å². The summed E-state index contributed by atoms with van der Waals surface area (Å²) in [6.45, 7) is 10.1.